The van der Waals surface area contributed by atoms with Gasteiger partial charge in [-0.2, -0.15) is 0 Å². The molecule has 1 aliphatic rings. The molecule has 1 aromatic carbocycles. The van der Waals surface area contributed by atoms with Crippen molar-refractivity contribution in [1.82, 2.24) is 4.90 Å². The number of rotatable bonds is 3. The van der Waals surface area contributed by atoms with Gasteiger partial charge >= 0.3 is 0 Å². The summed E-state index contributed by atoms with van der Waals surface area (Å²) >= 11 is 0. The molecule has 20 heavy (non-hydrogen) atoms. The van der Waals surface area contributed by atoms with Gasteiger partial charge < -0.3 is 16.0 Å². The van der Waals surface area contributed by atoms with Gasteiger partial charge in [-0.05, 0) is 37.5 Å². The lowest BCUT2D eigenvalue weighted by atomic mass is 10.2. The second-order valence-corrected chi connectivity index (χ2v) is 5.26. The molecule has 2 amide bonds. The number of amides is 2. The quantitative estimate of drug-likeness (QED) is 0.827. The molecule has 5 heteroatoms. The van der Waals surface area contributed by atoms with E-state index < -0.39 is 0 Å². The summed E-state index contributed by atoms with van der Waals surface area (Å²) in [4.78, 5) is 25.5. The van der Waals surface area contributed by atoms with Crippen LogP contribution in [0.3, 0.4) is 0 Å². The summed E-state index contributed by atoms with van der Waals surface area (Å²) in [7, 11) is 0. The van der Waals surface area contributed by atoms with Crippen LogP contribution in [0.2, 0.25) is 0 Å². The first-order chi connectivity index (χ1) is 9.56. The maximum Gasteiger partial charge on any atom is 0.244 e. The van der Waals surface area contributed by atoms with Crippen LogP contribution < -0.4 is 11.1 Å². The molecular weight excluding hydrogens is 254 g/mol. The third-order valence-electron chi connectivity index (χ3n) is 3.49. The molecule has 1 fully saturated rings. The van der Waals surface area contributed by atoms with Crippen molar-refractivity contribution >= 4 is 23.2 Å². The van der Waals surface area contributed by atoms with E-state index in [9.17, 15) is 9.59 Å². The first kappa shape index (κ1) is 14.4. The lowest BCUT2D eigenvalue weighted by molar-refractivity contribution is -0.134. The number of nitrogen functional groups attached to an aromatic ring is 1. The van der Waals surface area contributed by atoms with Crippen LogP contribution in [0, 0.1) is 6.92 Å². The zero-order valence-electron chi connectivity index (χ0n) is 11.8. The minimum atomic E-state index is -0.198. The molecule has 3 N–H and O–H groups in total. The lowest BCUT2D eigenvalue weighted by Gasteiger charge is -2.20. The van der Waals surface area contributed by atoms with Gasteiger partial charge in [-0.25, -0.2) is 0 Å². The van der Waals surface area contributed by atoms with E-state index in [0.717, 1.165) is 24.8 Å². The number of hydrogen-bond donors (Lipinski definition) is 2. The number of anilines is 2. The molecule has 1 aromatic rings. The van der Waals surface area contributed by atoms with Crippen LogP contribution in [0.1, 0.15) is 31.2 Å². The van der Waals surface area contributed by atoms with Crippen molar-refractivity contribution in [2.24, 2.45) is 0 Å². The molecule has 108 valence electrons. The van der Waals surface area contributed by atoms with Gasteiger partial charge in [-0.15, -0.1) is 0 Å². The molecule has 1 aliphatic heterocycles. The Morgan fingerprint density at radius 2 is 2.15 bits per heavy atom. The van der Waals surface area contributed by atoms with Gasteiger partial charge in [0.1, 0.15) is 0 Å². The molecule has 0 unspecified atom stereocenters. The minimum Gasteiger partial charge on any atom is -0.397 e. The largest absolute Gasteiger partial charge is 0.397 e. The molecule has 0 radical (unpaired) electrons. The molecule has 0 aliphatic carbocycles. The van der Waals surface area contributed by atoms with Crippen LogP contribution in [0.4, 0.5) is 11.4 Å². The Morgan fingerprint density at radius 1 is 1.35 bits per heavy atom. The molecule has 0 bridgehead atoms. The van der Waals surface area contributed by atoms with Crippen LogP contribution in [0.5, 0.6) is 0 Å². The number of hydrogen-bond acceptors (Lipinski definition) is 3. The van der Waals surface area contributed by atoms with Crippen molar-refractivity contribution in [1.29, 1.82) is 0 Å². The van der Waals surface area contributed by atoms with Gasteiger partial charge in [0.15, 0.2) is 0 Å². The predicted molar refractivity (Wildman–Crippen MR) is 79.3 cm³/mol. The van der Waals surface area contributed by atoms with Crippen molar-refractivity contribution in [3.63, 3.8) is 0 Å². The molecule has 1 heterocycles. The van der Waals surface area contributed by atoms with Gasteiger partial charge in [0.2, 0.25) is 11.8 Å². The smallest absolute Gasteiger partial charge is 0.244 e. The third kappa shape index (κ3) is 3.73. The molecule has 1 saturated heterocycles. The Bertz CT molecular complexity index is 514. The third-order valence-corrected chi connectivity index (χ3v) is 3.49. The highest BCUT2D eigenvalue weighted by Crippen LogP contribution is 2.19. The highest BCUT2D eigenvalue weighted by Gasteiger charge is 2.19. The van der Waals surface area contributed by atoms with Crippen molar-refractivity contribution in [2.75, 3.05) is 24.1 Å². The molecule has 0 aromatic heterocycles. The Kier molecular flexibility index (Phi) is 4.61. The molecular formula is C15H21N3O2. The number of likely N-dealkylation sites (tertiary alicyclic amines) is 1. The monoisotopic (exact) mass is 275 g/mol. The fourth-order valence-electron chi connectivity index (χ4n) is 2.36. The van der Waals surface area contributed by atoms with Crippen LogP contribution in [0.15, 0.2) is 18.2 Å². The maximum absolute atomic E-state index is 12.0. The van der Waals surface area contributed by atoms with Crippen LogP contribution in [-0.2, 0) is 9.59 Å². The average Bonchev–Trinajstić information content (AvgIpc) is 2.59. The molecule has 0 atom stereocenters. The standard InChI is InChI=1S/C15H21N3O2/c1-11-6-7-13(12(16)9-11)17-14(19)10-18-8-4-2-3-5-15(18)20/h6-7,9H,2-5,8,10,16H2,1H3,(H,17,19). The first-order valence-corrected chi connectivity index (χ1v) is 7.00. The van der Waals surface area contributed by atoms with E-state index in [1.165, 1.54) is 0 Å². The summed E-state index contributed by atoms with van der Waals surface area (Å²) in [5.41, 5.74) is 8.05. The Hall–Kier alpha value is -2.04. The minimum absolute atomic E-state index is 0.0644. The molecule has 5 nitrogen and oxygen atoms in total. The van der Waals surface area contributed by atoms with Gasteiger partial charge in [-0.1, -0.05) is 12.5 Å². The summed E-state index contributed by atoms with van der Waals surface area (Å²) in [6, 6.07) is 5.49. The number of nitrogens with one attached hydrogen (secondary N) is 1. The van der Waals surface area contributed by atoms with Crippen LogP contribution in [-0.4, -0.2) is 29.8 Å². The Morgan fingerprint density at radius 3 is 2.90 bits per heavy atom. The van der Waals surface area contributed by atoms with Crippen LogP contribution in [0.25, 0.3) is 0 Å². The van der Waals surface area contributed by atoms with Crippen molar-refractivity contribution < 1.29 is 9.59 Å². The zero-order valence-corrected chi connectivity index (χ0v) is 11.8. The molecule has 0 spiro atoms. The summed E-state index contributed by atoms with van der Waals surface area (Å²) in [5, 5.41) is 2.77. The van der Waals surface area contributed by atoms with Gasteiger partial charge in [0.05, 0.1) is 17.9 Å². The highest BCUT2D eigenvalue weighted by molar-refractivity contribution is 5.96. The van der Waals surface area contributed by atoms with E-state index in [1.807, 2.05) is 19.1 Å². The summed E-state index contributed by atoms with van der Waals surface area (Å²) in [6.45, 7) is 2.71. The van der Waals surface area contributed by atoms with Gasteiger partial charge in [-0.3, -0.25) is 9.59 Å². The second kappa shape index (κ2) is 6.41. The normalized spacial score (nSPS) is 15.8. The summed E-state index contributed by atoms with van der Waals surface area (Å²) in [6.07, 6.45) is 3.47. The molecule has 2 rings (SSSR count). The van der Waals surface area contributed by atoms with E-state index in [1.54, 1.807) is 11.0 Å². The number of benzene rings is 1. The fourth-order valence-corrected chi connectivity index (χ4v) is 2.36. The number of nitrogens with two attached hydrogens (primary N) is 1. The maximum atomic E-state index is 12.0. The van der Waals surface area contributed by atoms with Crippen molar-refractivity contribution in [3.8, 4) is 0 Å². The first-order valence-electron chi connectivity index (χ1n) is 7.00. The zero-order chi connectivity index (χ0) is 14.5. The van der Waals surface area contributed by atoms with E-state index in [2.05, 4.69) is 5.32 Å². The van der Waals surface area contributed by atoms with E-state index in [0.29, 0.717) is 24.3 Å². The van der Waals surface area contributed by atoms with Gasteiger partial charge in [0, 0.05) is 13.0 Å². The summed E-state index contributed by atoms with van der Waals surface area (Å²) < 4.78 is 0. The Labute approximate surface area is 119 Å². The number of carbonyl (C=O) groups excluding carboxylic acids is 2. The topological polar surface area (TPSA) is 75.4 Å². The lowest BCUT2D eigenvalue weighted by Crippen LogP contribution is -2.37. The van der Waals surface area contributed by atoms with E-state index in [4.69, 9.17) is 5.73 Å². The second-order valence-electron chi connectivity index (χ2n) is 5.26. The number of aryl methyl sites for hydroxylation is 1. The van der Waals surface area contributed by atoms with Gasteiger partial charge in [0.25, 0.3) is 0 Å². The van der Waals surface area contributed by atoms with Crippen LogP contribution >= 0.6 is 0 Å². The fraction of sp³-hybridized carbons (Fsp3) is 0.467. The Balaban J connectivity index is 1.96. The number of nitrogens with zero attached hydrogens (tertiary/aromatic N) is 1. The van der Waals surface area contributed by atoms with Crippen molar-refractivity contribution in [2.45, 2.75) is 32.6 Å². The summed E-state index contributed by atoms with van der Waals surface area (Å²) in [5.74, 6) is -0.134. The van der Waals surface area contributed by atoms with E-state index in [-0.39, 0.29) is 18.4 Å². The highest BCUT2D eigenvalue weighted by atomic mass is 16.2. The van der Waals surface area contributed by atoms with E-state index >= 15 is 0 Å². The SMILES string of the molecule is Cc1ccc(NC(=O)CN2CCCCCC2=O)c(N)c1. The predicted octanol–water partition coefficient (Wildman–Crippen LogP) is 1.92. The molecule has 0 saturated carbocycles. The average molecular weight is 275 g/mol. The number of carbonyl (C=O) groups is 2. The van der Waals surface area contributed by atoms with Crippen molar-refractivity contribution in [3.05, 3.63) is 23.8 Å².